The molecule has 14 nitrogen and oxygen atoms in total. The van der Waals surface area contributed by atoms with E-state index in [1.807, 2.05) is 62.3 Å². The van der Waals surface area contributed by atoms with E-state index in [-0.39, 0.29) is 35.8 Å². The molecule has 14 heteroatoms. The van der Waals surface area contributed by atoms with Crippen molar-refractivity contribution in [2.75, 3.05) is 63.8 Å². The lowest BCUT2D eigenvalue weighted by Crippen LogP contribution is -2.49. The summed E-state index contributed by atoms with van der Waals surface area (Å²) in [5, 5.41) is 10.6. The summed E-state index contributed by atoms with van der Waals surface area (Å²) < 4.78 is 13.4. The highest BCUT2D eigenvalue weighted by molar-refractivity contribution is 6.09. The van der Waals surface area contributed by atoms with Crippen molar-refractivity contribution in [2.24, 2.45) is 13.0 Å². The Morgan fingerprint density at radius 1 is 0.926 bits per heavy atom. The van der Waals surface area contributed by atoms with Crippen molar-refractivity contribution < 1.29 is 23.9 Å². The molecule has 3 aliphatic heterocycles. The summed E-state index contributed by atoms with van der Waals surface area (Å²) >= 11 is 0. The standard InChI is InChI=1S/C40H50N8O6/c1-24-25(2)38(50)44(3)22-31(24)27-19-34(53-5)32(35(20-27)54-6)23-46-14-11-28(12-15-46)45(4)39(51)26-9-16-47(17-10-26)29-7-8-30-33(21-29)42-43-37(30)48-18-13-36(49)41-40(48)52/h7-8,19-22,26,28H,9-18,23H2,1-6H3,(H,42,43)(H,41,49,52). The number of carbonyl (C=O) groups excluding carboxylic acids is 3. The third kappa shape index (κ3) is 7.02. The van der Waals surface area contributed by atoms with E-state index in [9.17, 15) is 19.2 Å². The van der Waals surface area contributed by atoms with Gasteiger partial charge in [0.2, 0.25) is 11.8 Å². The van der Waals surface area contributed by atoms with Crippen LogP contribution in [-0.2, 0) is 23.2 Å². The normalized spacial score (nSPS) is 17.6. The van der Waals surface area contributed by atoms with Crippen LogP contribution in [-0.4, -0.2) is 102 Å². The first-order valence-electron chi connectivity index (χ1n) is 18.7. The molecule has 3 fully saturated rings. The highest BCUT2D eigenvalue weighted by atomic mass is 16.5. The number of imide groups is 1. The summed E-state index contributed by atoms with van der Waals surface area (Å²) in [5.41, 5.74) is 6.41. The number of likely N-dealkylation sites (tertiary alicyclic amines) is 1. The Labute approximate surface area is 315 Å². The van der Waals surface area contributed by atoms with E-state index in [1.165, 1.54) is 4.90 Å². The molecule has 54 heavy (non-hydrogen) atoms. The SMILES string of the molecule is COc1cc(-c2cn(C)c(=O)c(C)c2C)cc(OC)c1CN1CCC(N(C)C(=O)C2CCN(c3ccc4c(N5CCC(=O)NC5=O)n[nH]c4c3)CC2)CC1. The monoisotopic (exact) mass is 738 g/mol. The van der Waals surface area contributed by atoms with Gasteiger partial charge in [-0.3, -0.25) is 34.6 Å². The van der Waals surface area contributed by atoms with Crippen molar-refractivity contribution >= 4 is 40.3 Å². The van der Waals surface area contributed by atoms with Crippen LogP contribution in [0.4, 0.5) is 16.3 Å². The fourth-order valence-corrected chi connectivity index (χ4v) is 8.27. The molecule has 2 aromatic heterocycles. The van der Waals surface area contributed by atoms with Crippen LogP contribution in [0.25, 0.3) is 22.0 Å². The highest BCUT2D eigenvalue weighted by Gasteiger charge is 2.33. The van der Waals surface area contributed by atoms with E-state index in [4.69, 9.17) is 9.47 Å². The molecule has 2 aromatic carbocycles. The fourth-order valence-electron chi connectivity index (χ4n) is 8.27. The molecular formula is C40H50N8O6. The number of amides is 4. The first kappa shape index (κ1) is 37.0. The Morgan fingerprint density at radius 3 is 2.26 bits per heavy atom. The number of fused-ring (bicyclic) bond motifs is 1. The summed E-state index contributed by atoms with van der Waals surface area (Å²) in [6.07, 6.45) is 5.45. The van der Waals surface area contributed by atoms with Gasteiger partial charge >= 0.3 is 6.03 Å². The third-order valence-corrected chi connectivity index (χ3v) is 11.7. The summed E-state index contributed by atoms with van der Waals surface area (Å²) in [6.45, 7) is 8.04. The minimum absolute atomic E-state index is 0.00262. The smallest absolute Gasteiger partial charge is 0.329 e. The number of urea groups is 1. The number of nitrogens with zero attached hydrogens (tertiary/aromatic N) is 6. The molecule has 7 rings (SSSR count). The number of aromatic nitrogens is 3. The number of ether oxygens (including phenoxy) is 2. The lowest BCUT2D eigenvalue weighted by atomic mass is 9.93. The fraction of sp³-hybridized carbons (Fsp3) is 0.475. The largest absolute Gasteiger partial charge is 0.496 e. The second-order valence-corrected chi connectivity index (χ2v) is 14.8. The maximum absolute atomic E-state index is 13.8. The maximum Gasteiger partial charge on any atom is 0.329 e. The quantitative estimate of drug-likeness (QED) is 0.256. The van der Waals surface area contributed by atoms with Crippen molar-refractivity contribution in [3.05, 3.63) is 63.6 Å². The maximum atomic E-state index is 13.8. The van der Waals surface area contributed by atoms with Crippen LogP contribution < -0.4 is 30.1 Å². The molecule has 0 aliphatic carbocycles. The van der Waals surface area contributed by atoms with Gasteiger partial charge in [0.05, 0.1) is 25.3 Å². The predicted octanol–water partition coefficient (Wildman–Crippen LogP) is 4.35. The summed E-state index contributed by atoms with van der Waals surface area (Å²) in [6, 6.07) is 9.82. The second kappa shape index (κ2) is 15.2. The number of hydrogen-bond donors (Lipinski definition) is 2. The second-order valence-electron chi connectivity index (χ2n) is 14.8. The highest BCUT2D eigenvalue weighted by Crippen LogP contribution is 2.38. The number of piperidine rings is 2. The average Bonchev–Trinajstić information content (AvgIpc) is 3.61. The van der Waals surface area contributed by atoms with E-state index < -0.39 is 6.03 Å². The molecule has 0 saturated carbocycles. The van der Waals surface area contributed by atoms with Gasteiger partial charge in [-0.05, 0) is 81.0 Å². The Hall–Kier alpha value is -5.37. The van der Waals surface area contributed by atoms with Crippen LogP contribution in [0.2, 0.25) is 0 Å². The molecule has 4 aromatic rings. The van der Waals surface area contributed by atoms with Gasteiger partial charge in [0, 0.05) is 100 Å². The third-order valence-electron chi connectivity index (χ3n) is 11.7. The van der Waals surface area contributed by atoms with Gasteiger partial charge in [-0.2, -0.15) is 5.10 Å². The van der Waals surface area contributed by atoms with Crippen LogP contribution in [0.1, 0.15) is 48.8 Å². The topological polar surface area (TPSA) is 145 Å². The molecule has 0 radical (unpaired) electrons. The van der Waals surface area contributed by atoms with E-state index in [1.54, 1.807) is 25.8 Å². The molecule has 0 spiro atoms. The number of hydrogen-bond acceptors (Lipinski definition) is 9. The van der Waals surface area contributed by atoms with Gasteiger partial charge in [0.1, 0.15) is 11.5 Å². The van der Waals surface area contributed by atoms with Gasteiger partial charge in [-0.1, -0.05) is 0 Å². The van der Waals surface area contributed by atoms with E-state index in [0.29, 0.717) is 18.9 Å². The molecule has 286 valence electrons. The van der Waals surface area contributed by atoms with E-state index >= 15 is 0 Å². The Kier molecular flexibility index (Phi) is 10.4. The molecule has 2 N–H and O–H groups in total. The first-order valence-corrected chi connectivity index (χ1v) is 18.7. The number of carbonyl (C=O) groups is 3. The molecule has 0 unspecified atom stereocenters. The summed E-state index contributed by atoms with van der Waals surface area (Å²) in [5.74, 6) is 1.94. The minimum atomic E-state index is -0.459. The lowest BCUT2D eigenvalue weighted by Gasteiger charge is -2.40. The van der Waals surface area contributed by atoms with Gasteiger partial charge in [0.25, 0.3) is 5.56 Å². The number of nitrogens with one attached hydrogen (secondary N) is 2. The Morgan fingerprint density at radius 2 is 1.61 bits per heavy atom. The number of methoxy groups -OCH3 is 2. The predicted molar refractivity (Wildman–Crippen MR) is 207 cm³/mol. The summed E-state index contributed by atoms with van der Waals surface area (Å²) in [4.78, 5) is 58.4. The zero-order chi connectivity index (χ0) is 38.3. The Balaban J connectivity index is 0.937. The van der Waals surface area contributed by atoms with Gasteiger partial charge < -0.3 is 23.8 Å². The zero-order valence-corrected chi connectivity index (χ0v) is 32.0. The van der Waals surface area contributed by atoms with E-state index in [2.05, 4.69) is 25.3 Å². The van der Waals surface area contributed by atoms with Crippen molar-refractivity contribution in [2.45, 2.75) is 58.5 Å². The van der Waals surface area contributed by atoms with Crippen molar-refractivity contribution in [1.82, 2.24) is 29.9 Å². The molecular weight excluding hydrogens is 688 g/mol. The number of benzene rings is 2. The van der Waals surface area contributed by atoms with Crippen LogP contribution >= 0.6 is 0 Å². The molecule has 0 atom stereocenters. The van der Waals surface area contributed by atoms with E-state index in [0.717, 1.165) is 108 Å². The van der Waals surface area contributed by atoms with Crippen LogP contribution in [0, 0.1) is 19.8 Å². The number of aryl methyl sites for hydroxylation is 1. The zero-order valence-electron chi connectivity index (χ0n) is 32.0. The molecule has 4 amide bonds. The van der Waals surface area contributed by atoms with Gasteiger partial charge in [-0.15, -0.1) is 0 Å². The number of anilines is 2. The summed E-state index contributed by atoms with van der Waals surface area (Å²) in [7, 11) is 7.09. The Bertz CT molecular complexity index is 2120. The van der Waals surface area contributed by atoms with Gasteiger partial charge in [-0.25, -0.2) is 4.79 Å². The molecule has 3 aliphatic rings. The molecule has 0 bridgehead atoms. The molecule has 3 saturated heterocycles. The van der Waals surface area contributed by atoms with Crippen molar-refractivity contribution in [1.29, 1.82) is 0 Å². The van der Waals surface area contributed by atoms with Crippen LogP contribution in [0.5, 0.6) is 11.5 Å². The minimum Gasteiger partial charge on any atom is -0.496 e. The van der Waals surface area contributed by atoms with Crippen molar-refractivity contribution in [3.63, 3.8) is 0 Å². The van der Waals surface area contributed by atoms with Crippen molar-refractivity contribution in [3.8, 4) is 22.6 Å². The average molecular weight is 739 g/mol. The van der Waals surface area contributed by atoms with Gasteiger partial charge in [0.15, 0.2) is 5.82 Å². The van der Waals surface area contributed by atoms with Crippen LogP contribution in [0.15, 0.2) is 41.3 Å². The number of rotatable bonds is 9. The number of pyridine rings is 1. The number of H-pyrrole nitrogens is 1. The van der Waals surface area contributed by atoms with Crippen LogP contribution in [0.3, 0.4) is 0 Å². The number of aromatic amines is 1. The first-order chi connectivity index (χ1) is 26.0. The lowest BCUT2D eigenvalue weighted by molar-refractivity contribution is -0.138. The molecule has 5 heterocycles.